The van der Waals surface area contributed by atoms with Crippen LogP contribution in [0.3, 0.4) is 0 Å². The van der Waals surface area contributed by atoms with Crippen LogP contribution in [0.5, 0.6) is 0 Å². The summed E-state index contributed by atoms with van der Waals surface area (Å²) >= 11 is 0. The highest BCUT2D eigenvalue weighted by molar-refractivity contribution is 5.44. The maximum atomic E-state index is 12.4. The van der Waals surface area contributed by atoms with Crippen molar-refractivity contribution in [2.24, 2.45) is 28.1 Å². The smallest absolute Gasteiger partial charge is 0.183 e. The van der Waals surface area contributed by atoms with Gasteiger partial charge in [0.2, 0.25) is 0 Å². The number of benzene rings is 1. The second-order valence-electron chi connectivity index (χ2n) is 16.4. The molecular formula is C35H50O6. The highest BCUT2D eigenvalue weighted by atomic mass is 17.2. The van der Waals surface area contributed by atoms with E-state index in [9.17, 15) is 10.2 Å². The summed E-state index contributed by atoms with van der Waals surface area (Å²) in [6.07, 6.45) is 7.27. The molecule has 226 valence electrons. The second kappa shape index (κ2) is 9.61. The lowest BCUT2D eigenvalue weighted by Crippen LogP contribution is -2.56. The molecule has 2 N–H and O–H groups in total. The van der Waals surface area contributed by atoms with Gasteiger partial charge in [-0.05, 0) is 85.2 Å². The molecule has 7 rings (SSSR count). The van der Waals surface area contributed by atoms with Crippen LogP contribution < -0.4 is 0 Å². The summed E-state index contributed by atoms with van der Waals surface area (Å²) in [7, 11) is 0. The number of ether oxygens (including phenoxy) is 2. The highest BCUT2D eigenvalue weighted by Gasteiger charge is 2.60. The maximum Gasteiger partial charge on any atom is 0.183 e. The lowest BCUT2D eigenvalue weighted by Gasteiger charge is -2.57. The van der Waals surface area contributed by atoms with Crippen LogP contribution in [0, 0.1) is 28.1 Å². The minimum atomic E-state index is -0.861. The molecule has 4 aliphatic carbocycles. The Morgan fingerprint density at radius 1 is 0.805 bits per heavy atom. The molecule has 6 heteroatoms. The Balaban J connectivity index is 1.24. The molecule has 0 bridgehead atoms. The summed E-state index contributed by atoms with van der Waals surface area (Å²) in [5, 5.41) is 23.7. The minimum absolute atomic E-state index is 0.0366. The lowest BCUT2D eigenvalue weighted by molar-refractivity contribution is -0.414. The quantitative estimate of drug-likeness (QED) is 0.304. The van der Waals surface area contributed by atoms with Crippen LogP contribution in [0.1, 0.15) is 116 Å². The molecule has 2 heterocycles. The standard InChI is InChI=1S/C35H50O6/c1-31(2)17-34(41-40-21-31)14-13-27-29-24(12-15-35(27,37)18-34)26-10-11-28(36)33(26,5)16-25(29)22-6-8-23(9-7-22)30-38-19-32(3,4)20-39-30/h6-9,24-26,28,30,36-37H,10-21H2,1-5H3/t24-,25+,26-,28-,33-,34?,35+/m0/s1. The first-order valence-electron chi connectivity index (χ1n) is 16.1. The Kier molecular flexibility index (Phi) is 6.68. The van der Waals surface area contributed by atoms with E-state index in [2.05, 4.69) is 58.9 Å². The summed E-state index contributed by atoms with van der Waals surface area (Å²) in [6.45, 7) is 13.1. The number of allylic oxidation sites excluding steroid dienone is 1. The van der Waals surface area contributed by atoms with E-state index < -0.39 is 11.2 Å². The van der Waals surface area contributed by atoms with Crippen molar-refractivity contribution < 1.29 is 29.5 Å². The van der Waals surface area contributed by atoms with Gasteiger partial charge >= 0.3 is 0 Å². The molecule has 0 radical (unpaired) electrons. The Morgan fingerprint density at radius 2 is 1.51 bits per heavy atom. The Bertz CT molecular complexity index is 1190. The van der Waals surface area contributed by atoms with E-state index in [1.54, 1.807) is 0 Å². The van der Waals surface area contributed by atoms with Crippen LogP contribution in [-0.2, 0) is 19.2 Å². The van der Waals surface area contributed by atoms with Crippen molar-refractivity contribution in [2.75, 3.05) is 19.8 Å². The third-order valence-electron chi connectivity index (χ3n) is 11.8. The zero-order chi connectivity index (χ0) is 28.8. The second-order valence-corrected chi connectivity index (χ2v) is 16.4. The molecule has 1 aromatic rings. The SMILES string of the molecule is CC1(C)COC(c2ccc([C@H]3C[C@]4(C)[C@@H](O)CC[C@H]4[C@@H]4CC[C@@]5(O)CC6(CCC5=C43)CC(C)(C)COO6)cc2)OC1. The first kappa shape index (κ1) is 28.5. The summed E-state index contributed by atoms with van der Waals surface area (Å²) in [4.78, 5) is 11.7. The number of hydrogen-bond acceptors (Lipinski definition) is 6. The van der Waals surface area contributed by atoms with Crippen molar-refractivity contribution in [3.63, 3.8) is 0 Å². The average Bonchev–Trinajstić information content (AvgIpc) is 3.21. The number of hydrogen-bond donors (Lipinski definition) is 2. The summed E-state index contributed by atoms with van der Waals surface area (Å²) in [5.74, 6) is 1.06. The fraction of sp³-hybridized carbons (Fsp3) is 0.771. The molecule has 41 heavy (non-hydrogen) atoms. The lowest BCUT2D eigenvalue weighted by atomic mass is 9.50. The van der Waals surface area contributed by atoms with E-state index in [1.807, 2.05) is 0 Å². The van der Waals surface area contributed by atoms with E-state index in [0.29, 0.717) is 38.1 Å². The van der Waals surface area contributed by atoms with Gasteiger partial charge in [-0.15, -0.1) is 0 Å². The fourth-order valence-corrected chi connectivity index (χ4v) is 9.92. The third kappa shape index (κ3) is 4.76. The van der Waals surface area contributed by atoms with Crippen LogP contribution in [0.2, 0.25) is 0 Å². The van der Waals surface area contributed by atoms with Crippen LogP contribution in [0.25, 0.3) is 0 Å². The number of aliphatic hydroxyl groups excluding tert-OH is 1. The Hall–Kier alpha value is -1.28. The molecule has 1 aromatic carbocycles. The van der Waals surface area contributed by atoms with Crippen LogP contribution in [0.4, 0.5) is 0 Å². The predicted octanol–water partition coefficient (Wildman–Crippen LogP) is 6.76. The van der Waals surface area contributed by atoms with Crippen LogP contribution in [-0.4, -0.2) is 47.3 Å². The molecule has 0 aromatic heterocycles. The van der Waals surface area contributed by atoms with Gasteiger partial charge in [0.1, 0.15) is 5.60 Å². The van der Waals surface area contributed by atoms with Gasteiger partial charge in [-0.25, -0.2) is 9.78 Å². The minimum Gasteiger partial charge on any atom is -0.393 e. The van der Waals surface area contributed by atoms with Crippen molar-refractivity contribution in [1.82, 2.24) is 0 Å². The molecule has 2 aliphatic heterocycles. The van der Waals surface area contributed by atoms with Gasteiger partial charge in [0.05, 0.1) is 31.5 Å². The van der Waals surface area contributed by atoms with Crippen molar-refractivity contribution >= 4 is 0 Å². The zero-order valence-corrected chi connectivity index (χ0v) is 25.7. The molecule has 7 atom stereocenters. The number of rotatable bonds is 2. The number of aliphatic hydroxyl groups is 2. The van der Waals surface area contributed by atoms with Gasteiger partial charge in [0, 0.05) is 23.3 Å². The molecule has 1 spiro atoms. The summed E-state index contributed by atoms with van der Waals surface area (Å²) < 4.78 is 12.1. The molecule has 6 aliphatic rings. The van der Waals surface area contributed by atoms with Gasteiger partial charge in [-0.3, -0.25) is 0 Å². The Morgan fingerprint density at radius 3 is 2.22 bits per heavy atom. The van der Waals surface area contributed by atoms with E-state index in [1.165, 1.54) is 16.7 Å². The van der Waals surface area contributed by atoms with Crippen molar-refractivity contribution in [3.8, 4) is 0 Å². The number of fused-ring (bicyclic) bond motifs is 4. The van der Waals surface area contributed by atoms with Gasteiger partial charge < -0.3 is 19.7 Å². The molecule has 6 nitrogen and oxygen atoms in total. The zero-order valence-electron chi connectivity index (χ0n) is 25.7. The molecule has 5 fully saturated rings. The first-order chi connectivity index (χ1) is 19.3. The van der Waals surface area contributed by atoms with Gasteiger partial charge in [-0.1, -0.05) is 64.5 Å². The van der Waals surface area contributed by atoms with E-state index in [4.69, 9.17) is 19.2 Å². The normalized spacial score (nSPS) is 43.9. The predicted molar refractivity (Wildman–Crippen MR) is 156 cm³/mol. The van der Waals surface area contributed by atoms with Gasteiger partial charge in [-0.2, -0.15) is 0 Å². The van der Waals surface area contributed by atoms with Crippen LogP contribution >= 0.6 is 0 Å². The molecule has 3 saturated carbocycles. The summed E-state index contributed by atoms with van der Waals surface area (Å²) in [5.41, 5.74) is 3.76. The van der Waals surface area contributed by atoms with E-state index in [-0.39, 0.29) is 34.6 Å². The molecule has 2 saturated heterocycles. The van der Waals surface area contributed by atoms with Crippen LogP contribution in [0.15, 0.2) is 35.4 Å². The summed E-state index contributed by atoms with van der Waals surface area (Å²) in [6, 6.07) is 8.83. The van der Waals surface area contributed by atoms with E-state index >= 15 is 0 Å². The van der Waals surface area contributed by atoms with Crippen molar-refractivity contribution in [3.05, 3.63) is 46.5 Å². The molecule has 0 amide bonds. The topological polar surface area (TPSA) is 77.4 Å². The van der Waals surface area contributed by atoms with Crippen molar-refractivity contribution in [2.45, 2.75) is 122 Å². The van der Waals surface area contributed by atoms with E-state index in [0.717, 1.165) is 56.9 Å². The monoisotopic (exact) mass is 566 g/mol. The highest BCUT2D eigenvalue weighted by Crippen LogP contribution is 2.66. The largest absolute Gasteiger partial charge is 0.393 e. The third-order valence-corrected chi connectivity index (χ3v) is 11.8. The fourth-order valence-electron chi connectivity index (χ4n) is 9.92. The Labute approximate surface area is 245 Å². The maximum absolute atomic E-state index is 12.4. The van der Waals surface area contributed by atoms with Gasteiger partial charge in [0.15, 0.2) is 6.29 Å². The van der Waals surface area contributed by atoms with Gasteiger partial charge in [0.25, 0.3) is 0 Å². The average molecular weight is 567 g/mol. The molecule has 1 unspecified atom stereocenters. The van der Waals surface area contributed by atoms with Crippen molar-refractivity contribution in [1.29, 1.82) is 0 Å². The first-order valence-corrected chi connectivity index (χ1v) is 16.1. The molecular weight excluding hydrogens is 516 g/mol.